The number of aliphatic hydroxyl groups is 1. The largest absolute Gasteiger partial charge is 0.419 e. The van der Waals surface area contributed by atoms with Crippen molar-refractivity contribution < 1.29 is 23.0 Å². The summed E-state index contributed by atoms with van der Waals surface area (Å²) in [7, 11) is 0. The topological polar surface area (TPSA) is 86.2 Å². The van der Waals surface area contributed by atoms with Crippen LogP contribution in [0.3, 0.4) is 0 Å². The van der Waals surface area contributed by atoms with Crippen molar-refractivity contribution in [1.29, 1.82) is 0 Å². The van der Waals surface area contributed by atoms with E-state index in [1.165, 1.54) is 6.20 Å². The van der Waals surface area contributed by atoms with E-state index in [0.717, 1.165) is 24.6 Å². The van der Waals surface area contributed by atoms with E-state index in [4.69, 9.17) is 15.6 Å². The second kappa shape index (κ2) is 7.85. The SMILES string of the molecule is CC(C)n1nc(-c2cnc(N)c(C(F)(F)F)c2)cc1[C@H]1[C@@H]2C[C@H](OCCCO)C[C@@H]21. The summed E-state index contributed by atoms with van der Waals surface area (Å²) < 4.78 is 47.4. The highest BCUT2D eigenvalue weighted by Crippen LogP contribution is 2.64. The lowest BCUT2D eigenvalue weighted by molar-refractivity contribution is -0.137. The van der Waals surface area contributed by atoms with E-state index in [1.54, 1.807) is 0 Å². The van der Waals surface area contributed by atoms with Crippen LogP contribution < -0.4 is 5.73 Å². The van der Waals surface area contributed by atoms with Crippen molar-refractivity contribution >= 4 is 5.82 Å². The molecule has 2 aliphatic rings. The average Bonchev–Trinajstić information content (AvgIpc) is 3.04. The van der Waals surface area contributed by atoms with Crippen molar-refractivity contribution in [3.63, 3.8) is 0 Å². The molecule has 0 aromatic carbocycles. The molecule has 3 N–H and O–H groups in total. The molecular formula is C21H27F3N4O2. The van der Waals surface area contributed by atoms with E-state index < -0.39 is 17.6 Å². The van der Waals surface area contributed by atoms with Crippen molar-refractivity contribution in [2.45, 2.75) is 57.3 Å². The zero-order valence-electron chi connectivity index (χ0n) is 17.1. The van der Waals surface area contributed by atoms with Crippen LogP contribution >= 0.6 is 0 Å². The first-order chi connectivity index (χ1) is 14.2. The summed E-state index contributed by atoms with van der Waals surface area (Å²) in [6.45, 7) is 4.74. The Morgan fingerprint density at radius 2 is 1.97 bits per heavy atom. The van der Waals surface area contributed by atoms with Crippen LogP contribution in [0.25, 0.3) is 11.3 Å². The molecule has 0 aliphatic heterocycles. The van der Waals surface area contributed by atoms with Crippen LogP contribution in [-0.4, -0.2) is 39.2 Å². The first-order valence-corrected chi connectivity index (χ1v) is 10.4. The van der Waals surface area contributed by atoms with E-state index in [0.29, 0.717) is 42.0 Å². The molecule has 0 bridgehead atoms. The fourth-order valence-electron chi connectivity index (χ4n) is 4.74. The Hall–Kier alpha value is -2.13. The van der Waals surface area contributed by atoms with E-state index in [-0.39, 0.29) is 18.8 Å². The number of ether oxygens (including phenoxy) is 1. The number of rotatable bonds is 7. The number of nitrogens with two attached hydrogens (primary N) is 1. The van der Waals surface area contributed by atoms with Gasteiger partial charge in [-0.15, -0.1) is 0 Å². The molecule has 9 heteroatoms. The van der Waals surface area contributed by atoms with E-state index >= 15 is 0 Å². The van der Waals surface area contributed by atoms with Gasteiger partial charge in [-0.2, -0.15) is 18.3 Å². The Bertz CT molecular complexity index is 900. The van der Waals surface area contributed by atoms with Crippen molar-refractivity contribution in [3.05, 3.63) is 29.6 Å². The van der Waals surface area contributed by atoms with Crippen LogP contribution in [0.4, 0.5) is 19.0 Å². The summed E-state index contributed by atoms with van der Waals surface area (Å²) in [6, 6.07) is 3.02. The second-order valence-corrected chi connectivity index (χ2v) is 8.54. The normalized spacial score (nSPS) is 25.7. The maximum Gasteiger partial charge on any atom is 0.419 e. The molecule has 2 heterocycles. The third kappa shape index (κ3) is 3.92. The number of fused-ring (bicyclic) bond motifs is 1. The number of pyridine rings is 1. The molecule has 2 fully saturated rings. The molecule has 0 spiro atoms. The van der Waals surface area contributed by atoms with Crippen molar-refractivity contribution in [2.75, 3.05) is 18.9 Å². The Balaban J connectivity index is 1.55. The van der Waals surface area contributed by atoms with Gasteiger partial charge in [0.1, 0.15) is 5.82 Å². The van der Waals surface area contributed by atoms with E-state index in [1.807, 2.05) is 24.6 Å². The number of hydrogen-bond acceptors (Lipinski definition) is 5. The maximum atomic E-state index is 13.2. The highest BCUT2D eigenvalue weighted by molar-refractivity contribution is 5.63. The lowest BCUT2D eigenvalue weighted by Gasteiger charge is -2.17. The predicted molar refractivity (Wildman–Crippen MR) is 106 cm³/mol. The third-order valence-corrected chi connectivity index (χ3v) is 6.17. The minimum atomic E-state index is -4.56. The number of hydrogen-bond donors (Lipinski definition) is 2. The van der Waals surface area contributed by atoms with Gasteiger partial charge in [0.25, 0.3) is 0 Å². The van der Waals surface area contributed by atoms with Crippen LogP contribution in [-0.2, 0) is 10.9 Å². The molecule has 2 saturated carbocycles. The van der Waals surface area contributed by atoms with Gasteiger partial charge in [0.2, 0.25) is 0 Å². The van der Waals surface area contributed by atoms with Crippen molar-refractivity contribution in [2.24, 2.45) is 11.8 Å². The fraction of sp³-hybridized carbons (Fsp3) is 0.619. The molecule has 30 heavy (non-hydrogen) atoms. The van der Waals surface area contributed by atoms with Crippen LogP contribution in [0.1, 0.15) is 56.3 Å². The molecule has 4 rings (SSSR count). The summed E-state index contributed by atoms with van der Waals surface area (Å²) in [5.41, 5.74) is 6.35. The summed E-state index contributed by atoms with van der Waals surface area (Å²) in [6.07, 6.45) is -0.390. The van der Waals surface area contributed by atoms with Gasteiger partial charge in [-0.25, -0.2) is 4.98 Å². The van der Waals surface area contributed by atoms with Crippen LogP contribution in [0.2, 0.25) is 0 Å². The standard InChI is InChI=1S/C21H27F3N4O2/c1-11(2)28-18(19-14-7-13(8-15(14)19)30-5-3-4-29)9-17(27-28)12-6-16(21(22,23)24)20(25)26-10-12/h6,9-11,13-15,19,29H,3-5,7-8H2,1-2H3,(H2,25,26)/t13-,14+,15-,19-. The molecule has 2 aliphatic carbocycles. The van der Waals surface area contributed by atoms with Gasteiger partial charge >= 0.3 is 6.18 Å². The molecule has 0 saturated heterocycles. The molecule has 0 unspecified atom stereocenters. The Morgan fingerprint density at radius 1 is 1.27 bits per heavy atom. The number of alkyl halides is 3. The smallest absolute Gasteiger partial charge is 0.396 e. The first-order valence-electron chi connectivity index (χ1n) is 10.4. The van der Waals surface area contributed by atoms with Gasteiger partial charge < -0.3 is 15.6 Å². The molecular weight excluding hydrogens is 397 g/mol. The summed E-state index contributed by atoms with van der Waals surface area (Å²) in [5, 5.41) is 13.5. The number of halogens is 3. The maximum absolute atomic E-state index is 13.2. The Labute approximate surface area is 173 Å². The van der Waals surface area contributed by atoms with Gasteiger partial charge in [0, 0.05) is 42.6 Å². The summed E-state index contributed by atoms with van der Waals surface area (Å²) in [5.74, 6) is 0.858. The first kappa shape index (κ1) is 21.1. The quantitative estimate of drug-likeness (QED) is 0.656. The Morgan fingerprint density at radius 3 is 2.57 bits per heavy atom. The molecule has 6 nitrogen and oxygen atoms in total. The predicted octanol–water partition coefficient (Wildman–Crippen LogP) is 4.02. The van der Waals surface area contributed by atoms with Crippen molar-refractivity contribution in [3.8, 4) is 11.3 Å². The van der Waals surface area contributed by atoms with Crippen LogP contribution in [0, 0.1) is 11.8 Å². The highest BCUT2D eigenvalue weighted by atomic mass is 19.4. The highest BCUT2D eigenvalue weighted by Gasteiger charge is 2.58. The Kier molecular flexibility index (Phi) is 5.52. The van der Waals surface area contributed by atoms with Gasteiger partial charge in [-0.1, -0.05) is 0 Å². The van der Waals surface area contributed by atoms with Gasteiger partial charge in [-0.05, 0) is 57.1 Å². The minimum Gasteiger partial charge on any atom is -0.396 e. The monoisotopic (exact) mass is 424 g/mol. The van der Waals surface area contributed by atoms with Gasteiger partial charge in [0.05, 0.1) is 17.4 Å². The van der Waals surface area contributed by atoms with E-state index in [2.05, 4.69) is 10.1 Å². The number of nitrogen functional groups attached to an aromatic ring is 1. The zero-order valence-corrected chi connectivity index (χ0v) is 17.1. The minimum absolute atomic E-state index is 0.0931. The molecule has 4 atom stereocenters. The number of anilines is 1. The average molecular weight is 424 g/mol. The fourth-order valence-corrected chi connectivity index (χ4v) is 4.74. The second-order valence-electron chi connectivity index (χ2n) is 8.54. The molecule has 0 amide bonds. The number of aliphatic hydroxyl groups excluding tert-OH is 1. The number of aromatic nitrogens is 3. The number of nitrogens with zero attached hydrogens (tertiary/aromatic N) is 3. The third-order valence-electron chi connectivity index (χ3n) is 6.17. The molecule has 0 radical (unpaired) electrons. The van der Waals surface area contributed by atoms with Crippen LogP contribution in [0.15, 0.2) is 18.3 Å². The van der Waals surface area contributed by atoms with Crippen molar-refractivity contribution in [1.82, 2.24) is 14.8 Å². The summed E-state index contributed by atoms with van der Waals surface area (Å²) >= 11 is 0. The van der Waals surface area contributed by atoms with E-state index in [9.17, 15) is 13.2 Å². The zero-order chi connectivity index (χ0) is 21.6. The van der Waals surface area contributed by atoms with Gasteiger partial charge in [0.15, 0.2) is 0 Å². The van der Waals surface area contributed by atoms with Gasteiger partial charge in [-0.3, -0.25) is 4.68 Å². The lowest BCUT2D eigenvalue weighted by atomic mass is 10.0. The summed E-state index contributed by atoms with van der Waals surface area (Å²) in [4.78, 5) is 3.74. The lowest BCUT2D eigenvalue weighted by Crippen LogP contribution is -2.15. The molecule has 2 aromatic rings. The van der Waals surface area contributed by atoms with Crippen LogP contribution in [0.5, 0.6) is 0 Å². The molecule has 2 aromatic heterocycles. The molecule has 164 valence electrons.